The summed E-state index contributed by atoms with van der Waals surface area (Å²) in [6.45, 7) is 1.33. The van der Waals surface area contributed by atoms with Crippen molar-refractivity contribution >= 4 is 34.8 Å². The molecule has 8 nitrogen and oxygen atoms in total. The highest BCUT2D eigenvalue weighted by atomic mass is 35.5. The van der Waals surface area contributed by atoms with E-state index >= 15 is 0 Å². The van der Waals surface area contributed by atoms with Crippen LogP contribution in [0.3, 0.4) is 0 Å². The van der Waals surface area contributed by atoms with Crippen LogP contribution < -0.4 is 10.6 Å². The van der Waals surface area contributed by atoms with Gasteiger partial charge in [-0.15, -0.1) is 10.2 Å². The lowest BCUT2D eigenvalue weighted by molar-refractivity contribution is -0.117. The van der Waals surface area contributed by atoms with Gasteiger partial charge in [-0.2, -0.15) is 4.80 Å². The fraction of sp³-hybridized carbons (Fsp3) is 0.118. The first kappa shape index (κ1) is 17.6. The van der Waals surface area contributed by atoms with Crippen molar-refractivity contribution in [3.63, 3.8) is 0 Å². The fourth-order valence-electron chi connectivity index (χ4n) is 2.22. The predicted octanol–water partition coefficient (Wildman–Crippen LogP) is 2.59. The van der Waals surface area contributed by atoms with Crippen molar-refractivity contribution in [2.45, 2.75) is 13.5 Å². The van der Waals surface area contributed by atoms with Gasteiger partial charge < -0.3 is 10.6 Å². The maximum absolute atomic E-state index is 12.0. The van der Waals surface area contributed by atoms with E-state index in [1.165, 1.54) is 11.7 Å². The van der Waals surface area contributed by atoms with E-state index in [1.54, 1.807) is 30.3 Å². The summed E-state index contributed by atoms with van der Waals surface area (Å²) in [5, 5.41) is 17.7. The monoisotopic (exact) mass is 370 g/mol. The highest BCUT2D eigenvalue weighted by molar-refractivity contribution is 6.34. The van der Waals surface area contributed by atoms with E-state index in [0.717, 1.165) is 0 Å². The lowest BCUT2D eigenvalue weighted by Crippen LogP contribution is -2.20. The second kappa shape index (κ2) is 7.75. The highest BCUT2D eigenvalue weighted by Crippen LogP contribution is 2.26. The summed E-state index contributed by atoms with van der Waals surface area (Å²) in [6.07, 6.45) is 0. The molecule has 0 radical (unpaired) electrons. The second-order valence-electron chi connectivity index (χ2n) is 5.43. The largest absolute Gasteiger partial charge is 0.325 e. The Morgan fingerprint density at radius 2 is 1.88 bits per heavy atom. The van der Waals surface area contributed by atoms with Crippen LogP contribution in [0.25, 0.3) is 11.4 Å². The maximum atomic E-state index is 12.0. The zero-order chi connectivity index (χ0) is 18.5. The quantitative estimate of drug-likeness (QED) is 0.718. The number of anilines is 2. The number of tetrazole rings is 1. The first-order chi connectivity index (χ1) is 12.5. The lowest BCUT2D eigenvalue weighted by atomic mass is 10.2. The molecule has 0 aliphatic carbocycles. The van der Waals surface area contributed by atoms with Crippen LogP contribution >= 0.6 is 11.6 Å². The number of nitrogens with one attached hydrogen (secondary N) is 2. The average Bonchev–Trinajstić information content (AvgIpc) is 3.05. The standard InChI is InChI=1S/C17H15ClN6O2/c1-11(25)19-15-8-7-12(9-14(15)18)17-21-23-24(22-17)10-16(26)20-13-5-3-2-4-6-13/h2-9H,10H2,1H3,(H,19,25)(H,20,26). The first-order valence-corrected chi connectivity index (χ1v) is 8.09. The van der Waals surface area contributed by atoms with Crippen LogP contribution in [-0.2, 0) is 16.1 Å². The molecule has 0 atom stereocenters. The van der Waals surface area contributed by atoms with Crippen LogP contribution in [0.15, 0.2) is 48.5 Å². The molecule has 0 bridgehead atoms. The molecule has 9 heteroatoms. The summed E-state index contributed by atoms with van der Waals surface area (Å²) in [4.78, 5) is 24.3. The number of amides is 2. The predicted molar refractivity (Wildman–Crippen MR) is 97.6 cm³/mol. The Hall–Kier alpha value is -3.26. The number of carbonyl (C=O) groups is 2. The third-order valence-corrected chi connectivity index (χ3v) is 3.65. The molecule has 0 spiro atoms. The number of aromatic nitrogens is 4. The molecule has 2 aromatic carbocycles. The summed E-state index contributed by atoms with van der Waals surface area (Å²) in [5.74, 6) is -0.152. The minimum atomic E-state index is -0.265. The summed E-state index contributed by atoms with van der Waals surface area (Å²) >= 11 is 6.14. The van der Waals surface area contributed by atoms with Crippen LogP contribution in [0.2, 0.25) is 5.02 Å². The van der Waals surface area contributed by atoms with E-state index < -0.39 is 0 Å². The van der Waals surface area contributed by atoms with Crippen LogP contribution in [-0.4, -0.2) is 32.0 Å². The molecule has 0 fully saturated rings. The number of halogens is 1. The van der Waals surface area contributed by atoms with E-state index in [4.69, 9.17) is 11.6 Å². The zero-order valence-electron chi connectivity index (χ0n) is 13.8. The van der Waals surface area contributed by atoms with Crippen molar-refractivity contribution in [3.8, 4) is 11.4 Å². The second-order valence-corrected chi connectivity index (χ2v) is 5.84. The SMILES string of the molecule is CC(=O)Nc1ccc(-c2nnn(CC(=O)Nc3ccccc3)n2)cc1Cl. The van der Waals surface area contributed by atoms with Crippen LogP contribution in [0.4, 0.5) is 11.4 Å². The highest BCUT2D eigenvalue weighted by Gasteiger charge is 2.11. The number of hydrogen-bond donors (Lipinski definition) is 2. The van der Waals surface area contributed by atoms with E-state index in [0.29, 0.717) is 27.8 Å². The van der Waals surface area contributed by atoms with Gasteiger partial charge in [0.05, 0.1) is 10.7 Å². The molecule has 1 aromatic heterocycles. The van der Waals surface area contributed by atoms with Crippen molar-refractivity contribution in [1.82, 2.24) is 20.2 Å². The number of carbonyl (C=O) groups excluding carboxylic acids is 2. The van der Waals surface area contributed by atoms with Crippen molar-refractivity contribution in [1.29, 1.82) is 0 Å². The van der Waals surface area contributed by atoms with Gasteiger partial charge in [0, 0.05) is 18.2 Å². The lowest BCUT2D eigenvalue weighted by Gasteiger charge is -2.05. The molecule has 0 unspecified atom stereocenters. The molecule has 132 valence electrons. The van der Waals surface area contributed by atoms with Gasteiger partial charge >= 0.3 is 0 Å². The summed E-state index contributed by atoms with van der Waals surface area (Å²) in [7, 11) is 0. The number of rotatable bonds is 5. The van der Waals surface area contributed by atoms with Crippen LogP contribution in [0.1, 0.15) is 6.92 Å². The molecular weight excluding hydrogens is 356 g/mol. The van der Waals surface area contributed by atoms with E-state index in [-0.39, 0.29) is 18.4 Å². The van der Waals surface area contributed by atoms with Crippen LogP contribution in [0.5, 0.6) is 0 Å². The van der Waals surface area contributed by atoms with Crippen molar-refractivity contribution in [3.05, 3.63) is 53.6 Å². The molecule has 0 aliphatic heterocycles. The Balaban J connectivity index is 1.68. The minimum Gasteiger partial charge on any atom is -0.325 e. The average molecular weight is 371 g/mol. The Bertz CT molecular complexity index is 941. The Labute approximate surface area is 154 Å². The van der Waals surface area contributed by atoms with E-state index in [2.05, 4.69) is 26.0 Å². The molecule has 2 N–H and O–H groups in total. The topological polar surface area (TPSA) is 102 Å². The molecular formula is C17H15ClN6O2. The third kappa shape index (κ3) is 4.42. The van der Waals surface area contributed by atoms with E-state index in [9.17, 15) is 9.59 Å². The molecule has 0 saturated carbocycles. The number of benzene rings is 2. The maximum Gasteiger partial charge on any atom is 0.248 e. The normalized spacial score (nSPS) is 10.4. The number of hydrogen-bond acceptors (Lipinski definition) is 5. The number of nitrogens with zero attached hydrogens (tertiary/aromatic N) is 4. The number of para-hydroxylation sites is 1. The molecule has 3 rings (SSSR count). The van der Waals surface area contributed by atoms with Gasteiger partial charge in [0.15, 0.2) is 0 Å². The van der Waals surface area contributed by atoms with Crippen LogP contribution in [0, 0.1) is 0 Å². The minimum absolute atomic E-state index is 0.0698. The van der Waals surface area contributed by atoms with Gasteiger partial charge in [0.2, 0.25) is 17.6 Å². The smallest absolute Gasteiger partial charge is 0.248 e. The summed E-state index contributed by atoms with van der Waals surface area (Å²) in [5.41, 5.74) is 1.81. The molecule has 2 amide bonds. The van der Waals surface area contributed by atoms with Gasteiger partial charge in [-0.3, -0.25) is 9.59 Å². The fourth-order valence-corrected chi connectivity index (χ4v) is 2.45. The Kier molecular flexibility index (Phi) is 5.23. The zero-order valence-corrected chi connectivity index (χ0v) is 14.6. The molecule has 3 aromatic rings. The van der Waals surface area contributed by atoms with Gasteiger partial charge in [-0.05, 0) is 35.5 Å². The van der Waals surface area contributed by atoms with Gasteiger partial charge in [0.1, 0.15) is 6.54 Å². The van der Waals surface area contributed by atoms with Crippen molar-refractivity contribution in [2.75, 3.05) is 10.6 Å². The Morgan fingerprint density at radius 1 is 1.12 bits per heavy atom. The van der Waals surface area contributed by atoms with Gasteiger partial charge in [-0.1, -0.05) is 29.8 Å². The van der Waals surface area contributed by atoms with E-state index in [1.807, 2.05) is 18.2 Å². The summed E-state index contributed by atoms with van der Waals surface area (Å²) < 4.78 is 0. The van der Waals surface area contributed by atoms with Gasteiger partial charge in [0.25, 0.3) is 0 Å². The first-order valence-electron chi connectivity index (χ1n) is 7.71. The van der Waals surface area contributed by atoms with Gasteiger partial charge in [-0.25, -0.2) is 0 Å². The molecule has 26 heavy (non-hydrogen) atoms. The molecule has 1 heterocycles. The molecule has 0 saturated heterocycles. The van der Waals surface area contributed by atoms with Crippen molar-refractivity contribution < 1.29 is 9.59 Å². The Morgan fingerprint density at radius 3 is 2.58 bits per heavy atom. The summed E-state index contributed by atoms with van der Waals surface area (Å²) in [6, 6.07) is 14.1. The third-order valence-electron chi connectivity index (χ3n) is 3.33. The van der Waals surface area contributed by atoms with Crippen molar-refractivity contribution in [2.24, 2.45) is 0 Å². The molecule has 0 aliphatic rings.